The number of methoxy groups -OCH3 is 1. The van der Waals surface area contributed by atoms with Gasteiger partial charge in [-0.3, -0.25) is 0 Å². The fourth-order valence-electron chi connectivity index (χ4n) is 1.83. The fourth-order valence-corrected chi connectivity index (χ4v) is 1.83. The minimum absolute atomic E-state index is 0.257. The van der Waals surface area contributed by atoms with Gasteiger partial charge in [0.1, 0.15) is 0 Å². The van der Waals surface area contributed by atoms with Gasteiger partial charge in [-0.25, -0.2) is 0 Å². The summed E-state index contributed by atoms with van der Waals surface area (Å²) >= 11 is 0. The van der Waals surface area contributed by atoms with Crippen molar-refractivity contribution in [2.75, 3.05) is 7.11 Å². The van der Waals surface area contributed by atoms with E-state index in [0.717, 1.165) is 5.56 Å². The summed E-state index contributed by atoms with van der Waals surface area (Å²) in [7, 11) is 1.54. The maximum atomic E-state index is 13.2. The van der Waals surface area contributed by atoms with E-state index >= 15 is 0 Å². The van der Waals surface area contributed by atoms with Crippen LogP contribution >= 0.6 is 0 Å². The van der Waals surface area contributed by atoms with Crippen LogP contribution in [-0.2, 0) is 4.74 Å². The number of fused-ring (bicyclic) bond motifs is 1. The highest BCUT2D eigenvalue weighted by Crippen LogP contribution is 2.31. The molecule has 0 heterocycles. The van der Waals surface area contributed by atoms with Crippen molar-refractivity contribution in [3.63, 3.8) is 0 Å². The molecule has 0 saturated carbocycles. The average molecular weight is 222 g/mol. The zero-order valence-electron chi connectivity index (χ0n) is 8.97. The summed E-state index contributed by atoms with van der Waals surface area (Å²) in [5.74, 6) is 1.65. The van der Waals surface area contributed by atoms with Crippen molar-refractivity contribution in [2.24, 2.45) is 0 Å². The molecular weight excluding hydrogens is 210 g/mol. The van der Waals surface area contributed by atoms with Gasteiger partial charge in [-0.1, -0.05) is 24.1 Å². The van der Waals surface area contributed by atoms with E-state index < -0.39 is 5.92 Å². The summed E-state index contributed by atoms with van der Waals surface area (Å²) in [5.41, 5.74) is 1.53. The largest absolute Gasteiger partial charge is 0.377 e. The van der Waals surface area contributed by atoms with E-state index in [2.05, 4.69) is 5.92 Å². The van der Waals surface area contributed by atoms with Crippen LogP contribution in [0, 0.1) is 11.8 Å². The molecule has 1 unspecified atom stereocenters. The van der Waals surface area contributed by atoms with Gasteiger partial charge in [0.2, 0.25) is 0 Å². The van der Waals surface area contributed by atoms with Gasteiger partial charge in [0.15, 0.2) is 0 Å². The van der Waals surface area contributed by atoms with Crippen molar-refractivity contribution >= 4 is 0 Å². The number of halogens is 2. The van der Waals surface area contributed by atoms with E-state index in [1.807, 2.05) is 18.1 Å². The number of hydrogen-bond acceptors (Lipinski definition) is 1. The van der Waals surface area contributed by atoms with Gasteiger partial charge < -0.3 is 4.74 Å². The number of benzene rings is 1. The lowest BCUT2D eigenvalue weighted by atomic mass is 9.95. The maximum absolute atomic E-state index is 13.2. The zero-order chi connectivity index (χ0) is 11.6. The Kier molecular flexibility index (Phi) is 2.93. The van der Waals surface area contributed by atoms with Crippen LogP contribution in [0.1, 0.15) is 30.1 Å². The Morgan fingerprint density at radius 1 is 1.38 bits per heavy atom. The van der Waals surface area contributed by atoms with Gasteiger partial charge in [-0.05, 0) is 24.0 Å². The molecule has 0 radical (unpaired) electrons. The van der Waals surface area contributed by atoms with Crippen molar-refractivity contribution in [1.29, 1.82) is 0 Å². The number of alkyl halides is 2. The number of hydrogen-bond donors (Lipinski definition) is 0. The van der Waals surface area contributed by atoms with E-state index in [1.54, 1.807) is 12.1 Å². The van der Waals surface area contributed by atoms with Crippen LogP contribution in [0.2, 0.25) is 0 Å². The third kappa shape index (κ3) is 2.23. The van der Waals surface area contributed by atoms with Crippen molar-refractivity contribution in [3.05, 3.63) is 35.4 Å². The second-order valence-electron chi connectivity index (χ2n) is 3.80. The third-order valence-electron chi connectivity index (χ3n) is 2.69. The van der Waals surface area contributed by atoms with Gasteiger partial charge >= 0.3 is 5.92 Å². The predicted molar refractivity (Wildman–Crippen MR) is 57.3 cm³/mol. The Morgan fingerprint density at radius 2 is 2.12 bits per heavy atom. The lowest BCUT2D eigenvalue weighted by molar-refractivity contribution is 0.0226. The minimum Gasteiger partial charge on any atom is -0.377 e. The van der Waals surface area contributed by atoms with Crippen molar-refractivity contribution in [2.45, 2.75) is 24.9 Å². The summed E-state index contributed by atoms with van der Waals surface area (Å²) in [4.78, 5) is 0. The molecule has 1 atom stereocenters. The smallest absolute Gasteiger partial charge is 0.308 e. The van der Waals surface area contributed by atoms with E-state index in [-0.39, 0.29) is 18.9 Å². The Balaban J connectivity index is 2.48. The topological polar surface area (TPSA) is 9.23 Å². The molecule has 1 nitrogen and oxygen atoms in total. The molecule has 0 spiro atoms. The van der Waals surface area contributed by atoms with Gasteiger partial charge in [0, 0.05) is 19.1 Å². The molecule has 0 N–H and O–H groups in total. The molecule has 0 fully saturated rings. The molecule has 1 aliphatic rings. The Bertz CT molecular complexity index is 443. The second-order valence-corrected chi connectivity index (χ2v) is 3.80. The molecule has 0 aliphatic heterocycles. The fraction of sp³-hybridized carbons (Fsp3) is 0.385. The van der Waals surface area contributed by atoms with E-state index in [1.165, 1.54) is 7.11 Å². The summed E-state index contributed by atoms with van der Waals surface area (Å²) in [5, 5.41) is 0. The van der Waals surface area contributed by atoms with Crippen LogP contribution in [0.5, 0.6) is 0 Å². The molecule has 1 aromatic carbocycles. The van der Waals surface area contributed by atoms with Crippen LogP contribution in [0.25, 0.3) is 0 Å². The van der Waals surface area contributed by atoms with Gasteiger partial charge in [0.05, 0.1) is 6.10 Å². The van der Waals surface area contributed by atoms with Crippen LogP contribution in [0.4, 0.5) is 8.78 Å². The van der Waals surface area contributed by atoms with Crippen LogP contribution in [0.3, 0.4) is 0 Å². The second kappa shape index (κ2) is 4.23. The highest BCUT2D eigenvalue weighted by Gasteiger charge is 2.29. The summed E-state index contributed by atoms with van der Waals surface area (Å²) in [6.07, 6.45) is -0.265. The predicted octanol–water partition coefficient (Wildman–Crippen LogP) is 3.15. The van der Waals surface area contributed by atoms with Crippen LogP contribution in [-0.4, -0.2) is 13.0 Å². The Labute approximate surface area is 93.4 Å². The monoisotopic (exact) mass is 222 g/mol. The lowest BCUT2D eigenvalue weighted by Gasteiger charge is -2.21. The van der Waals surface area contributed by atoms with Crippen molar-refractivity contribution in [3.8, 4) is 11.8 Å². The number of rotatable bonds is 1. The van der Waals surface area contributed by atoms with E-state index in [0.29, 0.717) is 5.56 Å². The SMILES string of the molecule is COC1CCC(F)(F)C#Cc2ccccc21. The molecule has 1 aromatic rings. The zero-order valence-corrected chi connectivity index (χ0v) is 8.97. The Hall–Kier alpha value is -1.40. The lowest BCUT2D eigenvalue weighted by Crippen LogP contribution is -2.17. The molecular formula is C13H12F2O. The first-order valence-electron chi connectivity index (χ1n) is 5.15. The molecule has 84 valence electrons. The first-order chi connectivity index (χ1) is 7.62. The van der Waals surface area contributed by atoms with Crippen molar-refractivity contribution in [1.82, 2.24) is 0 Å². The summed E-state index contributed by atoms with van der Waals surface area (Å²) in [6, 6.07) is 7.28. The molecule has 2 rings (SSSR count). The first kappa shape index (κ1) is 11.1. The van der Waals surface area contributed by atoms with Gasteiger partial charge in [-0.2, -0.15) is 8.78 Å². The van der Waals surface area contributed by atoms with Crippen LogP contribution < -0.4 is 0 Å². The van der Waals surface area contributed by atoms with Crippen LogP contribution in [0.15, 0.2) is 24.3 Å². The highest BCUT2D eigenvalue weighted by atomic mass is 19.3. The first-order valence-corrected chi connectivity index (χ1v) is 5.15. The Morgan fingerprint density at radius 3 is 2.88 bits per heavy atom. The molecule has 0 saturated heterocycles. The summed E-state index contributed by atoms with van der Waals surface area (Å²) < 4.78 is 31.7. The maximum Gasteiger partial charge on any atom is 0.308 e. The summed E-state index contributed by atoms with van der Waals surface area (Å²) in [6.45, 7) is 0. The molecule has 16 heavy (non-hydrogen) atoms. The molecule has 3 heteroatoms. The van der Waals surface area contributed by atoms with Gasteiger partial charge in [0.25, 0.3) is 0 Å². The normalized spacial score (nSPS) is 22.3. The van der Waals surface area contributed by atoms with Crippen molar-refractivity contribution < 1.29 is 13.5 Å². The average Bonchev–Trinajstić information content (AvgIpc) is 2.27. The highest BCUT2D eigenvalue weighted by molar-refractivity contribution is 5.44. The molecule has 0 bridgehead atoms. The molecule has 0 aromatic heterocycles. The number of ether oxygens (including phenoxy) is 1. The third-order valence-corrected chi connectivity index (χ3v) is 2.69. The van der Waals surface area contributed by atoms with E-state index in [9.17, 15) is 8.78 Å². The van der Waals surface area contributed by atoms with E-state index in [4.69, 9.17) is 4.74 Å². The standard InChI is InChI=1S/C13H12F2O/c1-16-12-7-9-13(14,15)8-6-10-4-2-3-5-11(10)12/h2-5,12H,7,9H2,1H3. The van der Waals surface area contributed by atoms with Gasteiger partial charge in [-0.15, -0.1) is 0 Å². The minimum atomic E-state index is -2.91. The molecule has 1 aliphatic carbocycles. The molecule has 0 amide bonds. The quantitative estimate of drug-likeness (QED) is 0.663.